The molecule has 0 bridgehead atoms. The summed E-state index contributed by atoms with van der Waals surface area (Å²) in [6.45, 7) is 8.40. The van der Waals surface area contributed by atoms with E-state index in [9.17, 15) is 14.0 Å². The molecule has 1 N–H and O–H groups in total. The van der Waals surface area contributed by atoms with Crippen LogP contribution in [-0.4, -0.2) is 70.9 Å². The molecule has 5 rings (SSSR count). The normalized spacial score (nSPS) is 21.3. The summed E-state index contributed by atoms with van der Waals surface area (Å²) < 4.78 is 15.6. The largest absolute Gasteiger partial charge is 0.316 e. The van der Waals surface area contributed by atoms with Crippen molar-refractivity contribution in [2.24, 2.45) is 0 Å². The van der Waals surface area contributed by atoms with Gasteiger partial charge in [-0.15, -0.1) is 0 Å². The number of ketones is 1. The van der Waals surface area contributed by atoms with Crippen LogP contribution in [0.15, 0.2) is 48.7 Å². The maximum Gasteiger partial charge on any atom is 0.213 e. The van der Waals surface area contributed by atoms with Gasteiger partial charge in [-0.1, -0.05) is 11.6 Å². The smallest absolute Gasteiger partial charge is 0.213 e. The Hall–Kier alpha value is -2.58. The third-order valence-corrected chi connectivity index (χ3v) is 8.26. The van der Waals surface area contributed by atoms with Crippen molar-refractivity contribution < 1.29 is 14.0 Å². The minimum Gasteiger partial charge on any atom is -0.316 e. The lowest BCUT2D eigenvalue weighted by atomic mass is 9.89. The summed E-state index contributed by atoms with van der Waals surface area (Å²) in [6.07, 6.45) is 4.71. The molecule has 2 aliphatic rings. The van der Waals surface area contributed by atoms with E-state index in [2.05, 4.69) is 25.9 Å². The van der Waals surface area contributed by atoms with E-state index in [-0.39, 0.29) is 11.6 Å². The fraction of sp³-hybridized carbons (Fsp3) is 0.429. The van der Waals surface area contributed by atoms with Crippen LogP contribution in [-0.2, 0) is 9.59 Å². The molecule has 1 atom stereocenters. The first-order chi connectivity index (χ1) is 17.3. The molecule has 6 nitrogen and oxygen atoms in total. The van der Waals surface area contributed by atoms with Crippen LogP contribution in [0, 0.1) is 5.82 Å². The lowest BCUT2D eigenvalue weighted by Gasteiger charge is -2.37. The highest BCUT2D eigenvalue weighted by molar-refractivity contribution is 6.31. The predicted molar refractivity (Wildman–Crippen MR) is 140 cm³/mol. The molecule has 0 saturated carbocycles. The molecule has 2 aromatic carbocycles. The maximum atomic E-state index is 13.5. The first kappa shape index (κ1) is 25.1. The summed E-state index contributed by atoms with van der Waals surface area (Å²) in [4.78, 5) is 27.7. The number of carbonyl (C=O) groups is 2. The van der Waals surface area contributed by atoms with Gasteiger partial charge < -0.3 is 9.47 Å². The lowest BCUT2D eigenvalue weighted by Crippen LogP contribution is -2.52. The number of piperidine rings is 1. The summed E-state index contributed by atoms with van der Waals surface area (Å²) in [5.74, 6) is -0.212. The number of rotatable bonds is 7. The van der Waals surface area contributed by atoms with E-state index < -0.39 is 11.6 Å². The van der Waals surface area contributed by atoms with Crippen molar-refractivity contribution >= 4 is 34.6 Å². The summed E-state index contributed by atoms with van der Waals surface area (Å²) >= 11 is 6.38. The first-order valence-corrected chi connectivity index (χ1v) is 12.9. The van der Waals surface area contributed by atoms with E-state index in [1.165, 1.54) is 17.7 Å². The van der Waals surface area contributed by atoms with E-state index in [1.807, 2.05) is 32.0 Å². The van der Waals surface area contributed by atoms with Crippen LogP contribution < -0.4 is 5.32 Å². The number of aldehydes is 1. The second-order valence-electron chi connectivity index (χ2n) is 10.4. The number of fused-ring (bicyclic) bond motifs is 1. The first-order valence-electron chi connectivity index (χ1n) is 12.5. The summed E-state index contributed by atoms with van der Waals surface area (Å²) in [6, 6.07) is 12.1. The number of aromatic nitrogens is 1. The zero-order chi connectivity index (χ0) is 25.4. The molecule has 0 radical (unpaired) electrons. The van der Waals surface area contributed by atoms with E-state index in [0.717, 1.165) is 55.6 Å². The van der Waals surface area contributed by atoms with Crippen LogP contribution in [0.3, 0.4) is 0 Å². The van der Waals surface area contributed by atoms with Gasteiger partial charge in [-0.05, 0) is 93.7 Å². The van der Waals surface area contributed by atoms with Crippen molar-refractivity contribution in [3.63, 3.8) is 0 Å². The van der Waals surface area contributed by atoms with Crippen LogP contribution in [0.1, 0.15) is 38.2 Å². The third-order valence-electron chi connectivity index (χ3n) is 8.02. The van der Waals surface area contributed by atoms with Gasteiger partial charge in [-0.3, -0.25) is 19.8 Å². The van der Waals surface area contributed by atoms with Gasteiger partial charge in [0.2, 0.25) is 5.78 Å². The number of Topliss-reactive ketones (excluding diaryl/α,β-unsaturated/α-hetero) is 1. The molecule has 1 unspecified atom stereocenters. The number of halogens is 2. The topological polar surface area (TPSA) is 57.6 Å². The van der Waals surface area contributed by atoms with Gasteiger partial charge >= 0.3 is 0 Å². The Morgan fingerprint density at radius 2 is 1.86 bits per heavy atom. The number of nitrogens with zero attached hydrogens (tertiary/aromatic N) is 3. The Labute approximate surface area is 216 Å². The molecule has 1 aromatic heterocycles. The highest BCUT2D eigenvalue weighted by Gasteiger charge is 2.44. The summed E-state index contributed by atoms with van der Waals surface area (Å²) in [7, 11) is 0. The SMILES string of the molecule is CC1(C)C(C(=O)C=O)NCN1CCN1CCC(c2cn(-c3ccc(F)cc3)c3ccc(Cl)cc23)CC1. The third kappa shape index (κ3) is 4.73. The lowest BCUT2D eigenvalue weighted by molar-refractivity contribution is -0.132. The van der Waals surface area contributed by atoms with E-state index in [0.29, 0.717) is 23.9 Å². The Bertz CT molecular complexity index is 1260. The Balaban J connectivity index is 1.26. The maximum absolute atomic E-state index is 13.5. The average Bonchev–Trinajstić information content (AvgIpc) is 3.39. The zero-order valence-electron chi connectivity index (χ0n) is 20.7. The van der Waals surface area contributed by atoms with Crippen molar-refractivity contribution in [1.82, 2.24) is 19.7 Å². The Morgan fingerprint density at radius 1 is 1.14 bits per heavy atom. The number of benzene rings is 2. The van der Waals surface area contributed by atoms with Gasteiger partial charge in [0.25, 0.3) is 0 Å². The van der Waals surface area contributed by atoms with Gasteiger partial charge in [-0.2, -0.15) is 0 Å². The molecule has 36 heavy (non-hydrogen) atoms. The highest BCUT2D eigenvalue weighted by Crippen LogP contribution is 2.37. The van der Waals surface area contributed by atoms with E-state index in [4.69, 9.17) is 11.6 Å². The molecule has 3 heterocycles. The number of carbonyl (C=O) groups excluding carboxylic acids is 2. The van der Waals surface area contributed by atoms with E-state index in [1.54, 1.807) is 12.1 Å². The summed E-state index contributed by atoms with van der Waals surface area (Å²) in [5.41, 5.74) is 2.90. The molecular formula is C28H32ClFN4O2. The quantitative estimate of drug-likeness (QED) is 0.377. The molecule has 0 amide bonds. The second kappa shape index (κ2) is 10.1. The van der Waals surface area contributed by atoms with Gasteiger partial charge in [0.15, 0.2) is 6.29 Å². The fourth-order valence-corrected chi connectivity index (χ4v) is 5.99. The van der Waals surface area contributed by atoms with Gasteiger partial charge in [0.05, 0.1) is 11.6 Å². The molecule has 0 aliphatic carbocycles. The van der Waals surface area contributed by atoms with Crippen LogP contribution >= 0.6 is 11.6 Å². The Morgan fingerprint density at radius 3 is 2.56 bits per heavy atom. The number of nitrogens with one attached hydrogen (secondary N) is 1. The number of hydrogen-bond donors (Lipinski definition) is 1. The van der Waals surface area contributed by atoms with Crippen molar-refractivity contribution in [3.8, 4) is 5.69 Å². The molecular weight excluding hydrogens is 479 g/mol. The minimum atomic E-state index is -0.453. The molecule has 0 spiro atoms. The number of likely N-dealkylation sites (tertiary alicyclic amines) is 1. The predicted octanol–water partition coefficient (Wildman–Crippen LogP) is 4.38. The van der Waals surface area contributed by atoms with Crippen molar-refractivity contribution in [2.75, 3.05) is 32.8 Å². The summed E-state index contributed by atoms with van der Waals surface area (Å²) in [5, 5.41) is 5.06. The molecule has 2 fully saturated rings. The number of hydrogen-bond acceptors (Lipinski definition) is 5. The van der Waals surface area contributed by atoms with Crippen LogP contribution in [0.4, 0.5) is 4.39 Å². The van der Waals surface area contributed by atoms with Crippen LogP contribution in [0.25, 0.3) is 16.6 Å². The fourth-order valence-electron chi connectivity index (χ4n) is 5.82. The van der Waals surface area contributed by atoms with Crippen LogP contribution in [0.2, 0.25) is 5.02 Å². The monoisotopic (exact) mass is 510 g/mol. The molecule has 3 aromatic rings. The van der Waals surface area contributed by atoms with Gasteiger partial charge in [0.1, 0.15) is 5.82 Å². The molecule has 2 aliphatic heterocycles. The molecule has 190 valence electrons. The van der Waals surface area contributed by atoms with Gasteiger partial charge in [0, 0.05) is 47.6 Å². The standard InChI is InChI=1S/C28H32ClFN4O2/c1-28(2)27(26(36)17-35)31-18-33(28)14-13-32-11-9-19(10-12-32)24-16-34(22-6-4-21(30)5-7-22)25-8-3-20(29)15-23(24)25/h3-8,15-17,19,27,31H,9-14,18H2,1-2H3. The molecule has 8 heteroatoms. The van der Waals surface area contributed by atoms with E-state index >= 15 is 0 Å². The zero-order valence-corrected chi connectivity index (χ0v) is 21.5. The minimum absolute atomic E-state index is 0.246. The van der Waals surface area contributed by atoms with Gasteiger partial charge in [-0.25, -0.2) is 4.39 Å². The average molecular weight is 511 g/mol. The highest BCUT2D eigenvalue weighted by atomic mass is 35.5. The van der Waals surface area contributed by atoms with Crippen molar-refractivity contribution in [3.05, 3.63) is 65.1 Å². The Kier molecular flexibility index (Phi) is 7.01. The van der Waals surface area contributed by atoms with Crippen molar-refractivity contribution in [1.29, 1.82) is 0 Å². The van der Waals surface area contributed by atoms with Crippen molar-refractivity contribution in [2.45, 2.75) is 44.2 Å². The van der Waals surface area contributed by atoms with Crippen LogP contribution in [0.5, 0.6) is 0 Å². The second-order valence-corrected chi connectivity index (χ2v) is 10.9. The molecule has 2 saturated heterocycles.